The van der Waals surface area contributed by atoms with E-state index in [9.17, 15) is 0 Å². The van der Waals surface area contributed by atoms with Crippen LogP contribution in [0.15, 0.2) is 12.4 Å². The molecule has 2 aliphatic rings. The minimum Gasteiger partial charge on any atom is -0.359 e. The van der Waals surface area contributed by atoms with Crippen LogP contribution in [0.1, 0.15) is 32.6 Å². The highest BCUT2D eigenvalue weighted by molar-refractivity contribution is 4.94. The average Bonchev–Trinajstić information content (AvgIpc) is 2.75. The second-order valence-corrected chi connectivity index (χ2v) is 3.80. The Morgan fingerprint density at radius 2 is 2.00 bits per heavy atom. The van der Waals surface area contributed by atoms with Crippen molar-refractivity contribution in [2.45, 2.75) is 38.6 Å². The summed E-state index contributed by atoms with van der Waals surface area (Å²) in [6.07, 6.45) is 10.2. The Morgan fingerprint density at radius 3 is 2.58 bits per heavy atom. The van der Waals surface area contributed by atoms with Gasteiger partial charge in [0.2, 0.25) is 0 Å². The Balaban J connectivity index is 1.87. The highest BCUT2D eigenvalue weighted by Gasteiger charge is 2.23. The molecule has 0 bridgehead atoms. The summed E-state index contributed by atoms with van der Waals surface area (Å²) in [5.41, 5.74) is 0. The van der Waals surface area contributed by atoms with E-state index in [0.717, 1.165) is 19.3 Å². The van der Waals surface area contributed by atoms with Crippen LogP contribution in [0.3, 0.4) is 0 Å². The van der Waals surface area contributed by atoms with E-state index in [2.05, 4.69) is 29.1 Å². The van der Waals surface area contributed by atoms with Gasteiger partial charge in [-0.1, -0.05) is 12.8 Å². The molecule has 2 rings (SSSR count). The third kappa shape index (κ3) is 1.43. The summed E-state index contributed by atoms with van der Waals surface area (Å²) in [6.45, 7) is 4.48. The Kier molecular flexibility index (Phi) is 2.24. The fourth-order valence-electron chi connectivity index (χ4n) is 2.16. The first-order valence-corrected chi connectivity index (χ1v) is 5.08. The Labute approximate surface area is 74.8 Å². The highest BCUT2D eigenvalue weighted by atomic mass is 15.3. The Morgan fingerprint density at radius 1 is 1.25 bits per heavy atom. The summed E-state index contributed by atoms with van der Waals surface area (Å²) in [5.74, 6) is 0. The van der Waals surface area contributed by atoms with E-state index in [-0.39, 0.29) is 0 Å². The zero-order valence-electron chi connectivity index (χ0n) is 7.87. The quantitative estimate of drug-likeness (QED) is 0.619. The van der Waals surface area contributed by atoms with E-state index in [4.69, 9.17) is 0 Å². The molecular weight excluding hydrogens is 148 g/mol. The fourth-order valence-corrected chi connectivity index (χ4v) is 2.16. The second kappa shape index (κ2) is 3.38. The van der Waals surface area contributed by atoms with Crippen LogP contribution >= 0.6 is 0 Å². The van der Waals surface area contributed by atoms with Crippen molar-refractivity contribution in [1.29, 1.82) is 0 Å². The van der Waals surface area contributed by atoms with Gasteiger partial charge in [0.15, 0.2) is 0 Å². The van der Waals surface area contributed by atoms with Gasteiger partial charge in [0.25, 0.3) is 0 Å². The molecule has 0 amide bonds. The first-order chi connectivity index (χ1) is 5.90. The van der Waals surface area contributed by atoms with Crippen LogP contribution in [0, 0.1) is 0 Å². The molecule has 1 heterocycles. The Hall–Kier alpha value is -0.660. The van der Waals surface area contributed by atoms with Gasteiger partial charge in [0.1, 0.15) is 0 Å². The molecule has 12 heavy (non-hydrogen) atoms. The minimum atomic E-state index is 0.845. The average molecular weight is 166 g/mol. The second-order valence-electron chi connectivity index (χ2n) is 3.80. The molecule has 0 N–H and O–H groups in total. The molecule has 0 aromatic carbocycles. The van der Waals surface area contributed by atoms with Crippen LogP contribution in [0.4, 0.5) is 0 Å². The largest absolute Gasteiger partial charge is 0.359 e. The summed E-state index contributed by atoms with van der Waals surface area (Å²) in [7, 11) is 0. The van der Waals surface area contributed by atoms with Gasteiger partial charge in [-0.3, -0.25) is 0 Å². The number of nitrogens with zero attached hydrogens (tertiary/aromatic N) is 2. The third-order valence-electron chi connectivity index (χ3n) is 3.01. The SMILES string of the molecule is CCN1C=CN(C2CCCC2)C1. The monoisotopic (exact) mass is 166 g/mol. The lowest BCUT2D eigenvalue weighted by atomic mass is 10.2. The van der Waals surface area contributed by atoms with Gasteiger partial charge in [-0.2, -0.15) is 0 Å². The van der Waals surface area contributed by atoms with Gasteiger partial charge in [-0.25, -0.2) is 0 Å². The molecule has 2 nitrogen and oxygen atoms in total. The molecule has 2 heteroatoms. The topological polar surface area (TPSA) is 6.48 Å². The van der Waals surface area contributed by atoms with E-state index >= 15 is 0 Å². The van der Waals surface area contributed by atoms with E-state index in [1.54, 1.807) is 0 Å². The maximum Gasteiger partial charge on any atom is 0.0896 e. The lowest BCUT2D eigenvalue weighted by molar-refractivity contribution is 0.218. The normalized spacial score (nSPS) is 24.4. The van der Waals surface area contributed by atoms with Crippen molar-refractivity contribution in [2.75, 3.05) is 13.2 Å². The molecular formula is C10H18N2. The molecule has 0 aromatic rings. The lowest BCUT2D eigenvalue weighted by Gasteiger charge is -2.25. The van der Waals surface area contributed by atoms with E-state index in [0.29, 0.717) is 0 Å². The molecule has 1 aliphatic carbocycles. The van der Waals surface area contributed by atoms with Crippen LogP contribution in [0.5, 0.6) is 0 Å². The number of hydrogen-bond acceptors (Lipinski definition) is 2. The van der Waals surface area contributed by atoms with Crippen molar-refractivity contribution in [3.05, 3.63) is 12.4 Å². The van der Waals surface area contributed by atoms with Crippen LogP contribution in [-0.4, -0.2) is 29.1 Å². The van der Waals surface area contributed by atoms with Crippen LogP contribution in [0.25, 0.3) is 0 Å². The van der Waals surface area contributed by atoms with Gasteiger partial charge >= 0.3 is 0 Å². The zero-order valence-corrected chi connectivity index (χ0v) is 7.87. The van der Waals surface area contributed by atoms with Gasteiger partial charge in [0, 0.05) is 25.0 Å². The smallest absolute Gasteiger partial charge is 0.0896 e. The van der Waals surface area contributed by atoms with Crippen LogP contribution in [-0.2, 0) is 0 Å². The van der Waals surface area contributed by atoms with Crippen molar-refractivity contribution < 1.29 is 0 Å². The number of rotatable bonds is 2. The van der Waals surface area contributed by atoms with Crippen LogP contribution in [0.2, 0.25) is 0 Å². The molecule has 1 fully saturated rings. The van der Waals surface area contributed by atoms with Gasteiger partial charge in [0.05, 0.1) is 6.67 Å². The lowest BCUT2D eigenvalue weighted by Crippen LogP contribution is -2.31. The van der Waals surface area contributed by atoms with Crippen molar-refractivity contribution >= 4 is 0 Å². The molecule has 0 saturated heterocycles. The fraction of sp³-hybridized carbons (Fsp3) is 0.800. The molecule has 0 atom stereocenters. The maximum absolute atomic E-state index is 2.50. The number of hydrogen-bond donors (Lipinski definition) is 0. The van der Waals surface area contributed by atoms with E-state index in [1.807, 2.05) is 0 Å². The van der Waals surface area contributed by atoms with E-state index < -0.39 is 0 Å². The van der Waals surface area contributed by atoms with Crippen molar-refractivity contribution in [3.8, 4) is 0 Å². The molecule has 0 spiro atoms. The first-order valence-electron chi connectivity index (χ1n) is 5.08. The Bertz CT molecular complexity index is 171. The summed E-state index contributed by atoms with van der Waals surface area (Å²) in [5, 5.41) is 0. The van der Waals surface area contributed by atoms with Crippen molar-refractivity contribution in [1.82, 2.24) is 9.80 Å². The van der Waals surface area contributed by atoms with Crippen molar-refractivity contribution in [2.24, 2.45) is 0 Å². The molecule has 0 unspecified atom stereocenters. The van der Waals surface area contributed by atoms with Gasteiger partial charge in [-0.05, 0) is 19.8 Å². The molecule has 0 aromatic heterocycles. The predicted octanol–water partition coefficient (Wildman–Crippen LogP) is 2.00. The minimum absolute atomic E-state index is 0.845. The van der Waals surface area contributed by atoms with Crippen LogP contribution < -0.4 is 0 Å². The van der Waals surface area contributed by atoms with E-state index in [1.165, 1.54) is 25.7 Å². The predicted molar refractivity (Wildman–Crippen MR) is 50.5 cm³/mol. The standard InChI is InChI=1S/C10H18N2/c1-2-11-7-8-12(9-11)10-5-3-4-6-10/h7-8,10H,2-6,9H2,1H3. The molecule has 0 radical (unpaired) electrons. The van der Waals surface area contributed by atoms with Crippen molar-refractivity contribution in [3.63, 3.8) is 0 Å². The zero-order chi connectivity index (χ0) is 8.39. The molecule has 1 aliphatic heterocycles. The third-order valence-corrected chi connectivity index (χ3v) is 3.01. The summed E-state index contributed by atoms with van der Waals surface area (Å²) < 4.78 is 0. The molecule has 1 saturated carbocycles. The maximum atomic E-state index is 2.50. The highest BCUT2D eigenvalue weighted by Crippen LogP contribution is 2.25. The molecule has 68 valence electrons. The summed E-state index contributed by atoms with van der Waals surface area (Å²) in [4.78, 5) is 4.86. The van der Waals surface area contributed by atoms with Gasteiger partial charge in [-0.15, -0.1) is 0 Å². The summed E-state index contributed by atoms with van der Waals surface area (Å²) >= 11 is 0. The first kappa shape index (κ1) is 7.96. The van der Waals surface area contributed by atoms with Gasteiger partial charge < -0.3 is 9.80 Å². The summed E-state index contributed by atoms with van der Waals surface area (Å²) in [6, 6.07) is 0.845.